The lowest BCUT2D eigenvalue weighted by Gasteiger charge is -2.13. The molecule has 0 atom stereocenters. The van der Waals surface area contributed by atoms with Crippen molar-refractivity contribution in [2.45, 2.75) is 0 Å². The Bertz CT molecular complexity index is 1050. The van der Waals surface area contributed by atoms with Gasteiger partial charge in [-0.25, -0.2) is 0 Å². The molecule has 0 saturated carbocycles. The maximum absolute atomic E-state index is 12.6. The fourth-order valence-electron chi connectivity index (χ4n) is 2.65. The zero-order valence-electron chi connectivity index (χ0n) is 14.2. The molecule has 0 fully saturated rings. The minimum absolute atomic E-state index is 0.0617. The van der Waals surface area contributed by atoms with Gasteiger partial charge in [-0.15, -0.1) is 0 Å². The molecule has 3 rings (SSSR count). The predicted molar refractivity (Wildman–Crippen MR) is 92.6 cm³/mol. The number of aromatic hydroxyl groups is 3. The van der Waals surface area contributed by atoms with Gasteiger partial charge in [0.2, 0.25) is 16.9 Å². The van der Waals surface area contributed by atoms with Gasteiger partial charge in [0.15, 0.2) is 17.1 Å². The van der Waals surface area contributed by atoms with Gasteiger partial charge in [0.25, 0.3) is 0 Å². The normalized spacial score (nSPS) is 10.7. The first-order valence-electron chi connectivity index (χ1n) is 7.44. The fraction of sp³-hybridized carbons (Fsp3) is 0.167. The lowest BCUT2D eigenvalue weighted by molar-refractivity contribution is 0.349. The molecule has 3 N–H and O–H groups in total. The van der Waals surface area contributed by atoms with E-state index in [9.17, 15) is 20.1 Å². The third-order valence-electron chi connectivity index (χ3n) is 3.92. The van der Waals surface area contributed by atoms with Crippen LogP contribution in [0.15, 0.2) is 33.5 Å². The Hall–Kier alpha value is -3.55. The molecule has 2 aromatic carbocycles. The lowest BCUT2D eigenvalue weighted by atomic mass is 10.1. The van der Waals surface area contributed by atoms with Gasteiger partial charge in [-0.05, 0) is 12.1 Å². The Kier molecular flexibility index (Phi) is 4.25. The molecule has 0 spiro atoms. The molecular formula is C18H16O8. The van der Waals surface area contributed by atoms with E-state index in [1.165, 1.54) is 45.6 Å². The second-order valence-electron chi connectivity index (χ2n) is 5.33. The van der Waals surface area contributed by atoms with Crippen LogP contribution in [0, 0.1) is 0 Å². The van der Waals surface area contributed by atoms with E-state index in [0.717, 1.165) is 0 Å². The number of hydrogen-bond donors (Lipinski definition) is 3. The highest BCUT2D eigenvalue weighted by Gasteiger charge is 2.24. The summed E-state index contributed by atoms with van der Waals surface area (Å²) in [5, 5.41) is 30.3. The van der Waals surface area contributed by atoms with Gasteiger partial charge in [-0.1, -0.05) is 0 Å². The summed E-state index contributed by atoms with van der Waals surface area (Å²) >= 11 is 0. The second-order valence-corrected chi connectivity index (χ2v) is 5.33. The number of phenols is 2. The molecule has 8 nitrogen and oxygen atoms in total. The van der Waals surface area contributed by atoms with Crippen LogP contribution < -0.4 is 19.6 Å². The van der Waals surface area contributed by atoms with E-state index >= 15 is 0 Å². The molecular weight excluding hydrogens is 344 g/mol. The summed E-state index contributed by atoms with van der Waals surface area (Å²) in [5.74, 6) is -1.18. The molecule has 8 heteroatoms. The maximum atomic E-state index is 12.6. The molecule has 1 aromatic heterocycles. The van der Waals surface area contributed by atoms with E-state index in [1.54, 1.807) is 0 Å². The quantitative estimate of drug-likeness (QED) is 0.650. The third-order valence-corrected chi connectivity index (χ3v) is 3.92. The largest absolute Gasteiger partial charge is 0.507 e. The van der Waals surface area contributed by atoms with E-state index in [1.807, 2.05) is 0 Å². The topological polar surface area (TPSA) is 119 Å². The van der Waals surface area contributed by atoms with Crippen LogP contribution in [-0.2, 0) is 0 Å². The number of rotatable bonds is 4. The van der Waals surface area contributed by atoms with E-state index < -0.39 is 16.9 Å². The zero-order chi connectivity index (χ0) is 19.0. The number of benzene rings is 2. The Balaban J connectivity index is 2.42. The first-order chi connectivity index (χ1) is 12.4. The van der Waals surface area contributed by atoms with E-state index in [4.69, 9.17) is 18.6 Å². The molecule has 0 bridgehead atoms. The number of fused-ring (bicyclic) bond motifs is 1. The van der Waals surface area contributed by atoms with Crippen molar-refractivity contribution in [3.8, 4) is 45.8 Å². The molecule has 136 valence electrons. The summed E-state index contributed by atoms with van der Waals surface area (Å²) in [6.45, 7) is 0. The second kappa shape index (κ2) is 6.40. The maximum Gasteiger partial charge on any atom is 0.238 e. The molecule has 3 aromatic rings. The van der Waals surface area contributed by atoms with Crippen molar-refractivity contribution in [2.75, 3.05) is 21.3 Å². The van der Waals surface area contributed by atoms with Crippen molar-refractivity contribution in [3.05, 3.63) is 34.5 Å². The van der Waals surface area contributed by atoms with Crippen LogP contribution in [0.1, 0.15) is 0 Å². The first-order valence-corrected chi connectivity index (χ1v) is 7.44. The number of methoxy groups -OCH3 is 3. The van der Waals surface area contributed by atoms with Crippen LogP contribution in [0.5, 0.6) is 34.5 Å². The number of ether oxygens (including phenoxy) is 3. The van der Waals surface area contributed by atoms with Crippen molar-refractivity contribution >= 4 is 11.0 Å². The molecule has 0 aliphatic carbocycles. The lowest BCUT2D eigenvalue weighted by Crippen LogP contribution is -2.05. The van der Waals surface area contributed by atoms with Crippen LogP contribution in [0.25, 0.3) is 22.3 Å². The smallest absolute Gasteiger partial charge is 0.238 e. The molecule has 0 aliphatic heterocycles. The standard InChI is InChI=1S/C18H16O8/c1-23-8-4-5-9(10(19)6-8)16-15(22)14(21)13-11(20)7-12(24-2)17(25-3)18(13)26-16/h4-7,19-20,22H,1-3H3. The molecule has 0 amide bonds. The summed E-state index contributed by atoms with van der Waals surface area (Å²) in [4.78, 5) is 12.6. The van der Waals surface area contributed by atoms with Gasteiger partial charge in [0.05, 0.1) is 26.9 Å². The SMILES string of the molecule is COc1ccc(-c2oc3c(OC)c(OC)cc(O)c3c(=O)c2O)c(O)c1. The van der Waals surface area contributed by atoms with Gasteiger partial charge in [-0.2, -0.15) is 0 Å². The molecule has 0 aliphatic rings. The van der Waals surface area contributed by atoms with E-state index in [-0.39, 0.29) is 39.5 Å². The van der Waals surface area contributed by atoms with E-state index in [2.05, 4.69) is 0 Å². The van der Waals surface area contributed by atoms with Crippen LogP contribution in [0.2, 0.25) is 0 Å². The van der Waals surface area contributed by atoms with Gasteiger partial charge < -0.3 is 33.9 Å². The summed E-state index contributed by atoms with van der Waals surface area (Å²) in [6.07, 6.45) is 0. The highest BCUT2D eigenvalue weighted by atomic mass is 16.5. The fourth-order valence-corrected chi connectivity index (χ4v) is 2.65. The summed E-state index contributed by atoms with van der Waals surface area (Å²) in [7, 11) is 4.13. The van der Waals surface area contributed by atoms with Crippen molar-refractivity contribution in [1.29, 1.82) is 0 Å². The van der Waals surface area contributed by atoms with Gasteiger partial charge in [0.1, 0.15) is 22.6 Å². The molecule has 1 heterocycles. The Morgan fingerprint density at radius 3 is 2.23 bits per heavy atom. The van der Waals surface area contributed by atoms with Crippen molar-refractivity contribution in [1.82, 2.24) is 0 Å². The Morgan fingerprint density at radius 2 is 1.65 bits per heavy atom. The van der Waals surface area contributed by atoms with Crippen molar-refractivity contribution in [3.63, 3.8) is 0 Å². The minimum atomic E-state index is -0.880. The monoisotopic (exact) mass is 360 g/mol. The summed E-state index contributed by atoms with van der Waals surface area (Å²) in [6, 6.07) is 5.44. The zero-order valence-corrected chi connectivity index (χ0v) is 14.2. The van der Waals surface area contributed by atoms with Gasteiger partial charge in [-0.3, -0.25) is 4.79 Å². The Morgan fingerprint density at radius 1 is 0.923 bits per heavy atom. The minimum Gasteiger partial charge on any atom is -0.507 e. The molecule has 0 saturated heterocycles. The van der Waals surface area contributed by atoms with Crippen molar-refractivity contribution < 1.29 is 33.9 Å². The van der Waals surface area contributed by atoms with Gasteiger partial charge in [0, 0.05) is 12.1 Å². The van der Waals surface area contributed by atoms with Crippen LogP contribution in [0.4, 0.5) is 0 Å². The van der Waals surface area contributed by atoms with Crippen molar-refractivity contribution in [2.24, 2.45) is 0 Å². The number of hydrogen-bond acceptors (Lipinski definition) is 8. The van der Waals surface area contributed by atoms with Crippen LogP contribution in [0.3, 0.4) is 0 Å². The van der Waals surface area contributed by atoms with Crippen LogP contribution in [-0.4, -0.2) is 36.6 Å². The summed E-state index contributed by atoms with van der Waals surface area (Å²) in [5.41, 5.74) is -0.945. The first kappa shape index (κ1) is 17.3. The summed E-state index contributed by atoms with van der Waals surface area (Å²) < 4.78 is 21.0. The highest BCUT2D eigenvalue weighted by Crippen LogP contribution is 2.44. The molecule has 0 unspecified atom stereocenters. The Labute approximate surface area is 147 Å². The average molecular weight is 360 g/mol. The third kappa shape index (κ3) is 2.52. The molecule has 0 radical (unpaired) electrons. The predicted octanol–water partition coefficient (Wildman–Crippen LogP) is 2.60. The molecule has 26 heavy (non-hydrogen) atoms. The van der Waals surface area contributed by atoms with Crippen LogP contribution >= 0.6 is 0 Å². The highest BCUT2D eigenvalue weighted by molar-refractivity contribution is 5.93. The van der Waals surface area contributed by atoms with Gasteiger partial charge >= 0.3 is 0 Å². The van der Waals surface area contributed by atoms with E-state index in [0.29, 0.717) is 5.75 Å². The average Bonchev–Trinajstić information content (AvgIpc) is 2.64. The number of phenolic OH excluding ortho intramolecular Hbond substituents is 2.